The summed E-state index contributed by atoms with van der Waals surface area (Å²) in [6.07, 6.45) is 7.41. The molecule has 8 nitrogen and oxygen atoms in total. The molecule has 0 radical (unpaired) electrons. The van der Waals surface area contributed by atoms with Gasteiger partial charge in [-0.3, -0.25) is 14.5 Å². The van der Waals surface area contributed by atoms with Gasteiger partial charge in [0.25, 0.3) is 5.91 Å². The monoisotopic (exact) mass is 568 g/mol. The molecular formula is C31H44N4O4S. The van der Waals surface area contributed by atoms with Crippen molar-refractivity contribution in [1.29, 1.82) is 0 Å². The van der Waals surface area contributed by atoms with Crippen LogP contribution < -0.4 is 15.8 Å². The molecule has 2 amide bonds. The number of thiophene rings is 1. The van der Waals surface area contributed by atoms with E-state index in [-0.39, 0.29) is 36.0 Å². The summed E-state index contributed by atoms with van der Waals surface area (Å²) < 4.78 is 11.4. The number of carbonyl (C=O) groups excluding carboxylic acids is 2. The van der Waals surface area contributed by atoms with Crippen molar-refractivity contribution in [2.45, 2.75) is 95.1 Å². The van der Waals surface area contributed by atoms with Crippen LogP contribution in [-0.2, 0) is 16.1 Å². The van der Waals surface area contributed by atoms with Crippen LogP contribution in [0.3, 0.4) is 0 Å². The number of nitrogens with one attached hydrogen (secondary N) is 1. The van der Waals surface area contributed by atoms with Gasteiger partial charge in [0.15, 0.2) is 0 Å². The predicted octanol–water partition coefficient (Wildman–Crippen LogP) is 4.11. The normalized spacial score (nSPS) is 27.1. The molecule has 2 aliphatic heterocycles. The lowest BCUT2D eigenvalue weighted by atomic mass is 9.90. The SMILES string of the molecule is COc1cccc(C(=O)N2CCC(N(Cc3ccc(C)s3)CC3CCCO3)C[C@@H]2C(=O)NC2CCC(N)CC2)c1. The number of nitrogens with zero attached hydrogens (tertiary/aromatic N) is 2. The fourth-order valence-corrected chi connectivity index (χ4v) is 7.33. The number of piperidine rings is 1. The molecule has 9 heteroatoms. The van der Waals surface area contributed by atoms with Crippen molar-refractivity contribution in [3.63, 3.8) is 0 Å². The molecule has 1 aromatic heterocycles. The summed E-state index contributed by atoms with van der Waals surface area (Å²) in [5.74, 6) is 0.461. The van der Waals surface area contributed by atoms with Crippen LogP contribution in [0.5, 0.6) is 5.75 Å². The number of amides is 2. The number of hydrogen-bond donors (Lipinski definition) is 2. The molecule has 1 saturated carbocycles. The molecule has 40 heavy (non-hydrogen) atoms. The van der Waals surface area contributed by atoms with Crippen molar-refractivity contribution >= 4 is 23.2 Å². The van der Waals surface area contributed by atoms with Gasteiger partial charge in [0.05, 0.1) is 13.2 Å². The zero-order chi connectivity index (χ0) is 28.1. The lowest BCUT2D eigenvalue weighted by Gasteiger charge is -2.44. The summed E-state index contributed by atoms with van der Waals surface area (Å²) in [5, 5.41) is 3.30. The minimum atomic E-state index is -0.537. The Morgan fingerprint density at radius 3 is 2.67 bits per heavy atom. The molecule has 1 aromatic carbocycles. The van der Waals surface area contributed by atoms with Gasteiger partial charge in [0.2, 0.25) is 5.91 Å². The smallest absolute Gasteiger partial charge is 0.254 e. The Labute approximate surface area is 242 Å². The van der Waals surface area contributed by atoms with Crippen LogP contribution in [0.2, 0.25) is 0 Å². The zero-order valence-electron chi connectivity index (χ0n) is 23.8. The summed E-state index contributed by atoms with van der Waals surface area (Å²) in [4.78, 5) is 34.6. The molecule has 3 aliphatic rings. The molecule has 2 aromatic rings. The van der Waals surface area contributed by atoms with Gasteiger partial charge in [-0.15, -0.1) is 11.3 Å². The van der Waals surface area contributed by atoms with E-state index in [2.05, 4.69) is 29.3 Å². The van der Waals surface area contributed by atoms with Crippen LogP contribution in [0.4, 0.5) is 0 Å². The molecule has 2 saturated heterocycles. The maximum Gasteiger partial charge on any atom is 0.254 e. The maximum atomic E-state index is 13.9. The molecular weight excluding hydrogens is 524 g/mol. The average Bonchev–Trinajstić information content (AvgIpc) is 3.64. The van der Waals surface area contributed by atoms with Crippen molar-refractivity contribution in [2.24, 2.45) is 5.73 Å². The van der Waals surface area contributed by atoms with E-state index in [9.17, 15) is 9.59 Å². The first-order valence-corrected chi connectivity index (χ1v) is 15.6. The highest BCUT2D eigenvalue weighted by Gasteiger charge is 2.40. The molecule has 1 aliphatic carbocycles. The standard InChI is InChI=1S/C31H44N4O4S/c1-21-8-13-28(40-21)20-34(19-27-7-4-16-39-27)25-14-15-35(31(37)22-5-3-6-26(17-22)38-2)29(18-25)30(36)33-24-11-9-23(32)10-12-24/h3,5-6,8,13,17,23-25,27,29H,4,7,9-12,14-16,18-20,32H2,1-2H3,(H,33,36)/t23?,24?,25?,27?,29-/m1/s1. The van der Waals surface area contributed by atoms with Gasteiger partial charge in [-0.1, -0.05) is 6.07 Å². The molecule has 0 bridgehead atoms. The molecule has 3 N–H and O–H groups in total. The molecule has 3 atom stereocenters. The summed E-state index contributed by atoms with van der Waals surface area (Å²) in [7, 11) is 1.60. The van der Waals surface area contributed by atoms with Crippen LogP contribution in [0.1, 0.15) is 71.5 Å². The summed E-state index contributed by atoms with van der Waals surface area (Å²) in [6.45, 7) is 5.17. The Bertz CT molecular complexity index is 1140. The van der Waals surface area contributed by atoms with E-state index < -0.39 is 6.04 Å². The van der Waals surface area contributed by atoms with Crippen molar-refractivity contribution < 1.29 is 19.1 Å². The topological polar surface area (TPSA) is 97.1 Å². The number of carbonyl (C=O) groups is 2. The van der Waals surface area contributed by atoms with Gasteiger partial charge in [0, 0.05) is 59.7 Å². The highest BCUT2D eigenvalue weighted by atomic mass is 32.1. The first kappa shape index (κ1) is 29.0. The van der Waals surface area contributed by atoms with Gasteiger partial charge in [0.1, 0.15) is 11.8 Å². The quantitative estimate of drug-likeness (QED) is 0.473. The molecule has 218 valence electrons. The fourth-order valence-electron chi connectivity index (χ4n) is 6.42. The van der Waals surface area contributed by atoms with Gasteiger partial charge < -0.3 is 25.4 Å². The van der Waals surface area contributed by atoms with Crippen molar-refractivity contribution in [2.75, 3.05) is 26.8 Å². The van der Waals surface area contributed by atoms with E-state index in [0.29, 0.717) is 24.3 Å². The van der Waals surface area contributed by atoms with Crippen LogP contribution >= 0.6 is 11.3 Å². The van der Waals surface area contributed by atoms with Gasteiger partial charge in [-0.2, -0.15) is 0 Å². The van der Waals surface area contributed by atoms with Crippen LogP contribution in [0, 0.1) is 6.92 Å². The molecule has 2 unspecified atom stereocenters. The lowest BCUT2D eigenvalue weighted by molar-refractivity contribution is -0.128. The second kappa shape index (κ2) is 13.5. The second-order valence-electron chi connectivity index (χ2n) is 11.6. The zero-order valence-corrected chi connectivity index (χ0v) is 24.7. The Kier molecular flexibility index (Phi) is 9.78. The summed E-state index contributed by atoms with van der Waals surface area (Å²) in [6, 6.07) is 11.6. The Balaban J connectivity index is 1.37. The first-order valence-electron chi connectivity index (χ1n) is 14.8. The highest BCUT2D eigenvalue weighted by molar-refractivity contribution is 7.11. The van der Waals surface area contributed by atoms with Gasteiger partial charge in [-0.05, 0) is 88.6 Å². The van der Waals surface area contributed by atoms with Crippen LogP contribution in [0.15, 0.2) is 36.4 Å². The Morgan fingerprint density at radius 1 is 1.15 bits per heavy atom. The number of rotatable bonds is 9. The molecule has 5 rings (SSSR count). The van der Waals surface area contributed by atoms with Crippen molar-refractivity contribution in [3.8, 4) is 5.75 Å². The molecule has 0 spiro atoms. The first-order chi connectivity index (χ1) is 19.4. The third kappa shape index (κ3) is 7.24. The van der Waals surface area contributed by atoms with Crippen molar-refractivity contribution in [1.82, 2.24) is 15.1 Å². The van der Waals surface area contributed by atoms with Crippen LogP contribution in [0.25, 0.3) is 0 Å². The number of nitrogens with two attached hydrogens (primary N) is 1. The number of methoxy groups -OCH3 is 1. The van der Waals surface area contributed by atoms with E-state index in [4.69, 9.17) is 15.2 Å². The lowest BCUT2D eigenvalue weighted by Crippen LogP contribution is -2.59. The number of ether oxygens (including phenoxy) is 2. The third-order valence-corrected chi connectivity index (χ3v) is 9.69. The number of aryl methyl sites for hydroxylation is 1. The molecule has 3 heterocycles. The number of hydrogen-bond acceptors (Lipinski definition) is 7. The minimum Gasteiger partial charge on any atom is -0.497 e. The van der Waals surface area contributed by atoms with E-state index in [1.807, 2.05) is 23.5 Å². The molecule has 3 fully saturated rings. The maximum absolute atomic E-state index is 13.9. The predicted molar refractivity (Wildman–Crippen MR) is 158 cm³/mol. The second-order valence-corrected chi connectivity index (χ2v) is 13.0. The number of benzene rings is 1. The Hall–Kier alpha value is -2.46. The minimum absolute atomic E-state index is 0.0505. The summed E-state index contributed by atoms with van der Waals surface area (Å²) >= 11 is 1.83. The van der Waals surface area contributed by atoms with Gasteiger partial charge >= 0.3 is 0 Å². The van der Waals surface area contributed by atoms with Gasteiger partial charge in [-0.25, -0.2) is 0 Å². The highest BCUT2D eigenvalue weighted by Crippen LogP contribution is 2.29. The van der Waals surface area contributed by atoms with Crippen LogP contribution in [-0.4, -0.2) is 78.7 Å². The largest absolute Gasteiger partial charge is 0.497 e. The van der Waals surface area contributed by atoms with E-state index >= 15 is 0 Å². The summed E-state index contributed by atoms with van der Waals surface area (Å²) in [5.41, 5.74) is 6.66. The Morgan fingerprint density at radius 2 is 1.98 bits per heavy atom. The van der Waals surface area contributed by atoms with E-state index in [0.717, 1.165) is 64.6 Å². The van der Waals surface area contributed by atoms with E-state index in [1.165, 1.54) is 9.75 Å². The third-order valence-electron chi connectivity index (χ3n) is 8.71. The average molecular weight is 569 g/mol. The fraction of sp³-hybridized carbons (Fsp3) is 0.613. The van der Waals surface area contributed by atoms with Crippen molar-refractivity contribution in [3.05, 3.63) is 51.7 Å². The number of likely N-dealkylation sites (tertiary alicyclic amines) is 1. The van der Waals surface area contributed by atoms with E-state index in [1.54, 1.807) is 24.1 Å².